The van der Waals surface area contributed by atoms with E-state index in [0.717, 1.165) is 25.0 Å². The fourth-order valence-electron chi connectivity index (χ4n) is 2.41. The van der Waals surface area contributed by atoms with E-state index in [-0.39, 0.29) is 11.5 Å². The largest absolute Gasteiger partial charge is 0.490 e. The van der Waals surface area contributed by atoms with E-state index < -0.39 is 0 Å². The second-order valence-corrected chi connectivity index (χ2v) is 6.61. The van der Waals surface area contributed by atoms with Crippen LogP contribution < -0.4 is 10.5 Å². The number of nitrogens with two attached hydrogens (primary N) is 1. The molecular formula is C16H25NO. The maximum Gasteiger partial charge on any atom is 0.123 e. The molecule has 0 radical (unpaired) electrons. The van der Waals surface area contributed by atoms with Crippen molar-refractivity contribution >= 4 is 0 Å². The summed E-state index contributed by atoms with van der Waals surface area (Å²) in [4.78, 5) is 0. The van der Waals surface area contributed by atoms with Gasteiger partial charge in [-0.2, -0.15) is 0 Å². The van der Waals surface area contributed by atoms with E-state index >= 15 is 0 Å². The normalized spacial score (nSPS) is 20.4. The molecule has 0 aliphatic carbocycles. The van der Waals surface area contributed by atoms with Crippen molar-refractivity contribution in [2.75, 3.05) is 0 Å². The molecule has 0 saturated carbocycles. The van der Waals surface area contributed by atoms with E-state index in [0.29, 0.717) is 6.10 Å². The number of aryl methyl sites for hydroxylation is 1. The molecular weight excluding hydrogens is 222 g/mol. The fourth-order valence-corrected chi connectivity index (χ4v) is 2.41. The summed E-state index contributed by atoms with van der Waals surface area (Å²) >= 11 is 0. The maximum absolute atomic E-state index is 6.20. The Morgan fingerprint density at radius 3 is 2.78 bits per heavy atom. The number of ether oxygens (including phenoxy) is 1. The first-order valence-corrected chi connectivity index (χ1v) is 6.88. The summed E-state index contributed by atoms with van der Waals surface area (Å²) in [5.41, 5.74) is 9.05. The summed E-state index contributed by atoms with van der Waals surface area (Å²) in [6, 6.07) is 6.68. The summed E-state index contributed by atoms with van der Waals surface area (Å²) < 4.78 is 5.97. The Balaban J connectivity index is 1.89. The smallest absolute Gasteiger partial charge is 0.123 e. The molecule has 18 heavy (non-hydrogen) atoms. The second-order valence-electron chi connectivity index (χ2n) is 6.61. The molecule has 2 N–H and O–H groups in total. The van der Waals surface area contributed by atoms with Gasteiger partial charge in [-0.3, -0.25) is 0 Å². The van der Waals surface area contributed by atoms with E-state index in [4.69, 9.17) is 10.5 Å². The molecule has 0 aromatic heterocycles. The molecule has 0 saturated heterocycles. The summed E-state index contributed by atoms with van der Waals surface area (Å²) in [6.45, 7) is 8.73. The van der Waals surface area contributed by atoms with Crippen LogP contribution in [0.2, 0.25) is 0 Å². The minimum absolute atomic E-state index is 0.183. The van der Waals surface area contributed by atoms with Crippen LogP contribution in [0.4, 0.5) is 0 Å². The third-order valence-electron chi connectivity index (χ3n) is 3.87. The lowest BCUT2D eigenvalue weighted by atomic mass is 9.84. The summed E-state index contributed by atoms with van der Waals surface area (Å²) in [6.07, 6.45) is 3.43. The molecule has 1 heterocycles. The van der Waals surface area contributed by atoms with Crippen molar-refractivity contribution in [1.29, 1.82) is 0 Å². The molecule has 2 atom stereocenters. The Morgan fingerprint density at radius 2 is 2.11 bits per heavy atom. The van der Waals surface area contributed by atoms with Crippen molar-refractivity contribution in [3.63, 3.8) is 0 Å². The van der Waals surface area contributed by atoms with Gasteiger partial charge in [-0.15, -0.1) is 0 Å². The van der Waals surface area contributed by atoms with Crippen molar-refractivity contribution in [2.45, 2.75) is 59.1 Å². The van der Waals surface area contributed by atoms with Gasteiger partial charge in [-0.1, -0.05) is 38.5 Å². The molecule has 100 valence electrons. The molecule has 2 rings (SSSR count). The summed E-state index contributed by atoms with van der Waals surface area (Å²) in [5, 5.41) is 0. The van der Waals surface area contributed by atoms with Crippen molar-refractivity contribution in [3.05, 3.63) is 29.3 Å². The van der Waals surface area contributed by atoms with Gasteiger partial charge in [0.15, 0.2) is 0 Å². The lowest BCUT2D eigenvalue weighted by molar-refractivity contribution is 0.198. The van der Waals surface area contributed by atoms with Gasteiger partial charge < -0.3 is 10.5 Å². The van der Waals surface area contributed by atoms with Gasteiger partial charge in [0, 0.05) is 12.5 Å². The summed E-state index contributed by atoms with van der Waals surface area (Å²) in [7, 11) is 0. The van der Waals surface area contributed by atoms with Gasteiger partial charge in [0.05, 0.1) is 0 Å². The third kappa shape index (κ3) is 3.05. The molecule has 1 aliphatic heterocycles. The quantitative estimate of drug-likeness (QED) is 0.888. The Labute approximate surface area is 111 Å². The van der Waals surface area contributed by atoms with Crippen LogP contribution in [0.15, 0.2) is 18.2 Å². The van der Waals surface area contributed by atoms with Crippen molar-refractivity contribution in [3.8, 4) is 5.75 Å². The average Bonchev–Trinajstić information content (AvgIpc) is 2.66. The number of hydrogen-bond donors (Lipinski definition) is 1. The SMILES string of the molecule is Cc1ccc2c(c1)CC(CCC(N)C(C)(C)C)O2. The standard InChI is InChI=1S/C16H25NO/c1-11-5-7-14-12(9-11)10-13(18-14)6-8-15(17)16(2,3)4/h5,7,9,13,15H,6,8,10,17H2,1-4H3. The highest BCUT2D eigenvalue weighted by Gasteiger charge is 2.26. The number of benzene rings is 1. The van der Waals surface area contributed by atoms with E-state index in [1.54, 1.807) is 0 Å². The highest BCUT2D eigenvalue weighted by Crippen LogP contribution is 2.32. The molecule has 0 bridgehead atoms. The monoisotopic (exact) mass is 247 g/mol. The van der Waals surface area contributed by atoms with Crippen LogP contribution in [-0.2, 0) is 6.42 Å². The van der Waals surface area contributed by atoms with Crippen LogP contribution in [0, 0.1) is 12.3 Å². The molecule has 0 fully saturated rings. The molecule has 2 unspecified atom stereocenters. The number of rotatable bonds is 3. The molecule has 0 spiro atoms. The fraction of sp³-hybridized carbons (Fsp3) is 0.625. The van der Waals surface area contributed by atoms with Crippen molar-refractivity contribution in [2.24, 2.45) is 11.1 Å². The van der Waals surface area contributed by atoms with Gasteiger partial charge in [-0.05, 0) is 36.8 Å². The predicted octanol–water partition coefficient (Wildman–Crippen LogP) is 3.45. The first-order chi connectivity index (χ1) is 8.36. The Bertz CT molecular complexity index is 420. The van der Waals surface area contributed by atoms with E-state index in [1.165, 1.54) is 11.1 Å². The first-order valence-electron chi connectivity index (χ1n) is 6.88. The zero-order valence-corrected chi connectivity index (χ0v) is 12.0. The number of hydrogen-bond acceptors (Lipinski definition) is 2. The van der Waals surface area contributed by atoms with E-state index in [1.807, 2.05) is 0 Å². The maximum atomic E-state index is 6.20. The topological polar surface area (TPSA) is 35.2 Å². The molecule has 2 nitrogen and oxygen atoms in total. The van der Waals surface area contributed by atoms with Crippen LogP contribution in [0.1, 0.15) is 44.7 Å². The Hall–Kier alpha value is -1.02. The zero-order valence-electron chi connectivity index (χ0n) is 12.0. The number of fused-ring (bicyclic) bond motifs is 1. The lowest BCUT2D eigenvalue weighted by Crippen LogP contribution is -2.36. The summed E-state index contributed by atoms with van der Waals surface area (Å²) in [5.74, 6) is 1.06. The molecule has 1 aromatic carbocycles. The van der Waals surface area contributed by atoms with Gasteiger partial charge in [-0.25, -0.2) is 0 Å². The minimum Gasteiger partial charge on any atom is -0.490 e. The zero-order chi connectivity index (χ0) is 13.3. The Morgan fingerprint density at radius 1 is 1.39 bits per heavy atom. The van der Waals surface area contributed by atoms with Gasteiger partial charge >= 0.3 is 0 Å². The van der Waals surface area contributed by atoms with Gasteiger partial charge in [0.2, 0.25) is 0 Å². The molecule has 0 amide bonds. The highest BCUT2D eigenvalue weighted by molar-refractivity contribution is 5.40. The molecule has 2 heteroatoms. The first kappa shape index (κ1) is 13.4. The molecule has 1 aliphatic rings. The third-order valence-corrected chi connectivity index (χ3v) is 3.87. The van der Waals surface area contributed by atoms with E-state index in [2.05, 4.69) is 45.9 Å². The van der Waals surface area contributed by atoms with Crippen LogP contribution in [-0.4, -0.2) is 12.1 Å². The van der Waals surface area contributed by atoms with Crippen LogP contribution in [0.3, 0.4) is 0 Å². The van der Waals surface area contributed by atoms with Crippen molar-refractivity contribution in [1.82, 2.24) is 0 Å². The minimum atomic E-state index is 0.183. The average molecular weight is 247 g/mol. The van der Waals surface area contributed by atoms with Crippen LogP contribution >= 0.6 is 0 Å². The second kappa shape index (κ2) is 4.93. The van der Waals surface area contributed by atoms with Crippen molar-refractivity contribution < 1.29 is 4.74 Å². The Kier molecular flexibility index (Phi) is 3.67. The predicted molar refractivity (Wildman–Crippen MR) is 76.0 cm³/mol. The van der Waals surface area contributed by atoms with Crippen LogP contribution in [0.5, 0.6) is 5.75 Å². The lowest BCUT2D eigenvalue weighted by Gasteiger charge is -2.27. The van der Waals surface area contributed by atoms with Gasteiger partial charge in [0.25, 0.3) is 0 Å². The van der Waals surface area contributed by atoms with Crippen LogP contribution in [0.25, 0.3) is 0 Å². The highest BCUT2D eigenvalue weighted by atomic mass is 16.5. The van der Waals surface area contributed by atoms with E-state index in [9.17, 15) is 0 Å². The molecule has 1 aromatic rings. The van der Waals surface area contributed by atoms with Gasteiger partial charge in [0.1, 0.15) is 11.9 Å².